The van der Waals surface area contributed by atoms with Crippen LogP contribution in [0.1, 0.15) is 47.5 Å². The van der Waals surface area contributed by atoms with Crippen LogP contribution in [0.2, 0.25) is 0 Å². The molecule has 0 aliphatic rings. The summed E-state index contributed by atoms with van der Waals surface area (Å²) in [7, 11) is 0. The zero-order chi connectivity index (χ0) is 23.6. The van der Waals surface area contributed by atoms with E-state index in [0.717, 1.165) is 34.6 Å². The lowest BCUT2D eigenvalue weighted by atomic mass is 10.0. The SMILES string of the molecule is Cc1ccc2c(COC(=O)C(C#N)=Cc3cc(C)n(CC(C)C)c3C)cc(=O)oc2c1C. The van der Waals surface area contributed by atoms with Crippen LogP contribution in [0, 0.1) is 44.9 Å². The van der Waals surface area contributed by atoms with Crippen LogP contribution in [0.15, 0.2) is 39.1 Å². The lowest BCUT2D eigenvalue weighted by Gasteiger charge is -2.12. The first-order valence-corrected chi connectivity index (χ1v) is 10.6. The molecule has 2 aromatic heterocycles. The molecule has 0 N–H and O–H groups in total. The number of ether oxygens (including phenoxy) is 1. The number of rotatable bonds is 6. The van der Waals surface area contributed by atoms with Gasteiger partial charge in [0, 0.05) is 34.9 Å². The first kappa shape index (κ1) is 23.1. The van der Waals surface area contributed by atoms with E-state index in [9.17, 15) is 14.9 Å². The van der Waals surface area contributed by atoms with Crippen molar-refractivity contribution >= 4 is 23.0 Å². The second kappa shape index (κ2) is 9.27. The van der Waals surface area contributed by atoms with E-state index in [0.29, 0.717) is 22.5 Å². The zero-order valence-electron chi connectivity index (χ0n) is 19.4. The summed E-state index contributed by atoms with van der Waals surface area (Å²) in [6.45, 7) is 12.8. The van der Waals surface area contributed by atoms with Crippen molar-refractivity contribution in [3.8, 4) is 6.07 Å². The monoisotopic (exact) mass is 432 g/mol. The van der Waals surface area contributed by atoms with Gasteiger partial charge in [0.15, 0.2) is 0 Å². The molecule has 1 aromatic carbocycles. The average Bonchev–Trinajstić information content (AvgIpc) is 2.99. The van der Waals surface area contributed by atoms with Gasteiger partial charge in [0.2, 0.25) is 0 Å². The molecule has 6 heteroatoms. The van der Waals surface area contributed by atoms with Crippen LogP contribution in [-0.2, 0) is 22.7 Å². The van der Waals surface area contributed by atoms with Gasteiger partial charge < -0.3 is 13.7 Å². The molecule has 0 aliphatic heterocycles. The van der Waals surface area contributed by atoms with Gasteiger partial charge in [-0.1, -0.05) is 26.0 Å². The minimum absolute atomic E-state index is 0.0888. The van der Waals surface area contributed by atoms with E-state index >= 15 is 0 Å². The van der Waals surface area contributed by atoms with Crippen LogP contribution in [0.3, 0.4) is 0 Å². The first-order chi connectivity index (χ1) is 15.1. The Balaban J connectivity index is 1.87. The Hall–Kier alpha value is -3.59. The number of esters is 1. The van der Waals surface area contributed by atoms with Crippen LogP contribution in [0.25, 0.3) is 17.0 Å². The molecule has 3 rings (SSSR count). The Morgan fingerprint density at radius 1 is 1.22 bits per heavy atom. The summed E-state index contributed by atoms with van der Waals surface area (Å²) < 4.78 is 12.9. The van der Waals surface area contributed by atoms with Crippen LogP contribution < -0.4 is 5.63 Å². The Bertz CT molecular complexity index is 1320. The van der Waals surface area contributed by atoms with Crippen molar-refractivity contribution in [3.05, 3.63) is 73.9 Å². The second-order valence-corrected chi connectivity index (χ2v) is 8.55. The minimum atomic E-state index is -0.730. The van der Waals surface area contributed by atoms with E-state index in [1.165, 1.54) is 6.07 Å². The predicted octanol–water partition coefficient (Wildman–Crippen LogP) is 5.13. The number of aryl methyl sites for hydroxylation is 3. The smallest absolute Gasteiger partial charge is 0.349 e. The van der Waals surface area contributed by atoms with Gasteiger partial charge in [-0.25, -0.2) is 9.59 Å². The van der Waals surface area contributed by atoms with Gasteiger partial charge in [-0.05, 0) is 62.4 Å². The summed E-state index contributed by atoms with van der Waals surface area (Å²) in [6.07, 6.45) is 1.56. The standard InChI is InChI=1S/C26H28N2O4/c1-15(2)13-28-17(4)9-20(19(28)6)10-21(12-27)26(30)31-14-22-11-24(29)32-25-18(5)16(3)7-8-23(22)25/h7-11,15H,13-14H2,1-6H3. The number of nitrogens with zero attached hydrogens (tertiary/aromatic N) is 2. The van der Waals surface area contributed by atoms with Gasteiger partial charge in [-0.15, -0.1) is 0 Å². The molecule has 0 saturated heterocycles. The maximum Gasteiger partial charge on any atom is 0.349 e. The van der Waals surface area contributed by atoms with Gasteiger partial charge in [0.05, 0.1) is 0 Å². The summed E-state index contributed by atoms with van der Waals surface area (Å²) in [5.41, 5.74) is 5.17. The summed E-state index contributed by atoms with van der Waals surface area (Å²) >= 11 is 0. The molecule has 0 spiro atoms. The van der Waals surface area contributed by atoms with Crippen molar-refractivity contribution in [3.63, 3.8) is 0 Å². The fraction of sp³-hybridized carbons (Fsp3) is 0.346. The van der Waals surface area contributed by atoms with E-state index in [1.54, 1.807) is 6.08 Å². The Labute approximate surface area is 187 Å². The first-order valence-electron chi connectivity index (χ1n) is 10.6. The lowest BCUT2D eigenvalue weighted by Crippen LogP contribution is -2.10. The Morgan fingerprint density at radius 3 is 2.59 bits per heavy atom. The van der Waals surface area contributed by atoms with Crippen molar-refractivity contribution < 1.29 is 13.9 Å². The number of nitriles is 1. The third kappa shape index (κ3) is 4.67. The van der Waals surface area contributed by atoms with Gasteiger partial charge in [0.25, 0.3) is 0 Å². The molecule has 166 valence electrons. The molecule has 0 unspecified atom stereocenters. The molecule has 0 aliphatic carbocycles. The number of benzene rings is 1. The fourth-order valence-corrected chi connectivity index (χ4v) is 3.78. The van der Waals surface area contributed by atoms with Crippen molar-refractivity contribution in [2.75, 3.05) is 0 Å². The summed E-state index contributed by atoms with van der Waals surface area (Å²) in [5.74, 6) is -0.255. The molecule has 32 heavy (non-hydrogen) atoms. The molecule has 6 nitrogen and oxygen atoms in total. The number of carbonyl (C=O) groups is 1. The molecule has 0 atom stereocenters. The van der Waals surface area contributed by atoms with Crippen molar-refractivity contribution in [2.45, 2.75) is 54.7 Å². The molecule has 0 fully saturated rings. The highest BCUT2D eigenvalue weighted by molar-refractivity contribution is 5.98. The van der Waals surface area contributed by atoms with Crippen LogP contribution >= 0.6 is 0 Å². The number of hydrogen-bond donors (Lipinski definition) is 0. The summed E-state index contributed by atoms with van der Waals surface area (Å²) in [4.78, 5) is 24.7. The number of fused-ring (bicyclic) bond motifs is 1. The predicted molar refractivity (Wildman–Crippen MR) is 124 cm³/mol. The highest BCUT2D eigenvalue weighted by atomic mass is 16.5. The highest BCUT2D eigenvalue weighted by Crippen LogP contribution is 2.24. The van der Waals surface area contributed by atoms with E-state index in [-0.39, 0.29) is 12.2 Å². The van der Waals surface area contributed by atoms with E-state index in [4.69, 9.17) is 9.15 Å². The minimum Gasteiger partial charge on any atom is -0.457 e. The molecular weight excluding hydrogens is 404 g/mol. The van der Waals surface area contributed by atoms with Crippen LogP contribution in [-0.4, -0.2) is 10.5 Å². The number of hydrogen-bond acceptors (Lipinski definition) is 5. The van der Waals surface area contributed by atoms with E-state index in [2.05, 4.69) is 18.4 Å². The maximum atomic E-state index is 12.7. The molecular formula is C26H28N2O4. The van der Waals surface area contributed by atoms with Crippen molar-refractivity contribution in [2.24, 2.45) is 5.92 Å². The van der Waals surface area contributed by atoms with Gasteiger partial charge in [-0.3, -0.25) is 0 Å². The zero-order valence-corrected chi connectivity index (χ0v) is 19.4. The van der Waals surface area contributed by atoms with E-state index in [1.807, 2.05) is 52.0 Å². The lowest BCUT2D eigenvalue weighted by molar-refractivity contribution is -0.139. The number of carbonyl (C=O) groups excluding carboxylic acids is 1. The van der Waals surface area contributed by atoms with Crippen LogP contribution in [0.5, 0.6) is 0 Å². The third-order valence-corrected chi connectivity index (χ3v) is 5.68. The van der Waals surface area contributed by atoms with Gasteiger partial charge in [-0.2, -0.15) is 5.26 Å². The summed E-state index contributed by atoms with van der Waals surface area (Å²) in [5, 5.41) is 10.3. The highest BCUT2D eigenvalue weighted by Gasteiger charge is 2.16. The van der Waals surface area contributed by atoms with Crippen LogP contribution in [0.4, 0.5) is 0 Å². The van der Waals surface area contributed by atoms with Gasteiger partial charge in [0.1, 0.15) is 23.8 Å². The molecule has 2 heterocycles. The average molecular weight is 433 g/mol. The van der Waals surface area contributed by atoms with Crippen molar-refractivity contribution in [1.29, 1.82) is 5.26 Å². The third-order valence-electron chi connectivity index (χ3n) is 5.68. The van der Waals surface area contributed by atoms with E-state index < -0.39 is 11.6 Å². The van der Waals surface area contributed by atoms with Crippen molar-refractivity contribution in [1.82, 2.24) is 4.57 Å². The molecule has 0 bridgehead atoms. The second-order valence-electron chi connectivity index (χ2n) is 8.55. The maximum absolute atomic E-state index is 12.7. The molecule has 3 aromatic rings. The Kier molecular flexibility index (Phi) is 6.69. The molecule has 0 radical (unpaired) electrons. The molecule has 0 saturated carbocycles. The quantitative estimate of drug-likeness (QED) is 0.233. The fourth-order valence-electron chi connectivity index (χ4n) is 3.78. The topological polar surface area (TPSA) is 85.2 Å². The Morgan fingerprint density at radius 2 is 1.94 bits per heavy atom. The van der Waals surface area contributed by atoms with Gasteiger partial charge >= 0.3 is 11.6 Å². The molecule has 0 amide bonds. The normalized spacial score (nSPS) is 11.8. The summed E-state index contributed by atoms with van der Waals surface area (Å²) in [6, 6.07) is 9.00. The largest absolute Gasteiger partial charge is 0.457 e. The number of aromatic nitrogens is 1.